The molecule has 0 atom stereocenters. The third-order valence-corrected chi connectivity index (χ3v) is 3.32. The van der Waals surface area contributed by atoms with Gasteiger partial charge in [-0.2, -0.15) is 0 Å². The van der Waals surface area contributed by atoms with E-state index in [0.29, 0.717) is 0 Å². The van der Waals surface area contributed by atoms with Gasteiger partial charge < -0.3 is 11.1 Å². The van der Waals surface area contributed by atoms with E-state index >= 15 is 0 Å². The number of nitrogen functional groups attached to an aromatic ring is 1. The Hall–Kier alpha value is -1.48. The van der Waals surface area contributed by atoms with E-state index in [1.807, 2.05) is 18.2 Å². The van der Waals surface area contributed by atoms with Gasteiger partial charge in [0.05, 0.1) is 11.4 Å². The standard InChI is InChI=1S/C15H17BrN2/c1-11-3-2-4-12(9-11)7-8-18-15-6-5-13(16)10-14(15)17/h2-6,9-10,18H,7-8,17H2,1H3. The Bertz CT molecular complexity index is 538. The average Bonchev–Trinajstić information content (AvgIpc) is 2.32. The fraction of sp³-hybridized carbons (Fsp3) is 0.200. The lowest BCUT2D eigenvalue weighted by Crippen LogP contribution is -2.06. The Morgan fingerprint density at radius 1 is 1.17 bits per heavy atom. The fourth-order valence-electron chi connectivity index (χ4n) is 1.90. The third-order valence-electron chi connectivity index (χ3n) is 2.83. The van der Waals surface area contributed by atoms with E-state index in [0.717, 1.165) is 28.8 Å². The van der Waals surface area contributed by atoms with E-state index in [1.165, 1.54) is 11.1 Å². The molecule has 0 amide bonds. The quantitative estimate of drug-likeness (QED) is 0.838. The van der Waals surface area contributed by atoms with Crippen LogP contribution >= 0.6 is 15.9 Å². The molecule has 0 aromatic heterocycles. The zero-order chi connectivity index (χ0) is 13.0. The minimum atomic E-state index is 0.772. The number of hydrogen-bond acceptors (Lipinski definition) is 2. The van der Waals surface area contributed by atoms with Gasteiger partial charge in [0.25, 0.3) is 0 Å². The van der Waals surface area contributed by atoms with Gasteiger partial charge >= 0.3 is 0 Å². The van der Waals surface area contributed by atoms with Crippen LogP contribution in [0.2, 0.25) is 0 Å². The van der Waals surface area contributed by atoms with Crippen LogP contribution in [0.1, 0.15) is 11.1 Å². The lowest BCUT2D eigenvalue weighted by Gasteiger charge is -2.10. The van der Waals surface area contributed by atoms with E-state index < -0.39 is 0 Å². The highest BCUT2D eigenvalue weighted by Crippen LogP contribution is 2.22. The van der Waals surface area contributed by atoms with Crippen molar-refractivity contribution in [3.05, 3.63) is 58.1 Å². The van der Waals surface area contributed by atoms with Crippen LogP contribution in [0.5, 0.6) is 0 Å². The van der Waals surface area contributed by atoms with E-state index in [-0.39, 0.29) is 0 Å². The van der Waals surface area contributed by atoms with Crippen LogP contribution in [-0.2, 0) is 6.42 Å². The highest BCUT2D eigenvalue weighted by molar-refractivity contribution is 9.10. The summed E-state index contributed by atoms with van der Waals surface area (Å²) < 4.78 is 1.00. The molecule has 3 N–H and O–H groups in total. The van der Waals surface area contributed by atoms with Crippen molar-refractivity contribution in [2.75, 3.05) is 17.6 Å². The minimum Gasteiger partial charge on any atom is -0.397 e. The third kappa shape index (κ3) is 3.50. The molecule has 0 aliphatic heterocycles. The fourth-order valence-corrected chi connectivity index (χ4v) is 2.28. The minimum absolute atomic E-state index is 0.772. The second-order valence-electron chi connectivity index (χ2n) is 4.40. The number of nitrogens with one attached hydrogen (secondary N) is 1. The molecule has 0 saturated heterocycles. The molecule has 0 fully saturated rings. The first-order valence-electron chi connectivity index (χ1n) is 5.99. The van der Waals surface area contributed by atoms with Crippen LogP contribution in [0, 0.1) is 6.92 Å². The molecule has 2 aromatic carbocycles. The monoisotopic (exact) mass is 304 g/mol. The Balaban J connectivity index is 1.92. The van der Waals surface area contributed by atoms with Crippen LogP contribution in [0.25, 0.3) is 0 Å². The lowest BCUT2D eigenvalue weighted by atomic mass is 10.1. The summed E-state index contributed by atoms with van der Waals surface area (Å²) in [6.45, 7) is 3.00. The van der Waals surface area contributed by atoms with Crippen LogP contribution in [0.3, 0.4) is 0 Å². The summed E-state index contributed by atoms with van der Waals surface area (Å²) in [7, 11) is 0. The highest BCUT2D eigenvalue weighted by atomic mass is 79.9. The first-order valence-corrected chi connectivity index (χ1v) is 6.79. The van der Waals surface area contributed by atoms with Crippen LogP contribution < -0.4 is 11.1 Å². The molecule has 0 radical (unpaired) electrons. The van der Waals surface area contributed by atoms with Crippen molar-refractivity contribution >= 4 is 27.3 Å². The average molecular weight is 305 g/mol. The summed E-state index contributed by atoms with van der Waals surface area (Å²) in [5.74, 6) is 0. The summed E-state index contributed by atoms with van der Waals surface area (Å²) in [4.78, 5) is 0. The Morgan fingerprint density at radius 2 is 2.00 bits per heavy atom. The normalized spacial score (nSPS) is 10.3. The van der Waals surface area contributed by atoms with Gasteiger partial charge in [0.15, 0.2) is 0 Å². The molecular formula is C15H17BrN2. The number of rotatable bonds is 4. The van der Waals surface area contributed by atoms with Crippen molar-refractivity contribution in [1.29, 1.82) is 0 Å². The van der Waals surface area contributed by atoms with Gasteiger partial charge in [-0.05, 0) is 37.1 Å². The molecule has 18 heavy (non-hydrogen) atoms. The van der Waals surface area contributed by atoms with Gasteiger partial charge in [0.2, 0.25) is 0 Å². The molecule has 0 aliphatic rings. The molecule has 0 saturated carbocycles. The molecule has 0 aliphatic carbocycles. The number of nitrogens with two attached hydrogens (primary N) is 1. The molecule has 94 valence electrons. The van der Waals surface area contributed by atoms with E-state index in [9.17, 15) is 0 Å². The number of halogens is 1. The lowest BCUT2D eigenvalue weighted by molar-refractivity contribution is 1.02. The molecular weight excluding hydrogens is 288 g/mol. The van der Waals surface area contributed by atoms with E-state index in [4.69, 9.17) is 5.73 Å². The zero-order valence-corrected chi connectivity index (χ0v) is 12.0. The van der Waals surface area contributed by atoms with Gasteiger partial charge in [-0.1, -0.05) is 45.8 Å². The van der Waals surface area contributed by atoms with Gasteiger partial charge in [-0.25, -0.2) is 0 Å². The maximum absolute atomic E-state index is 5.93. The molecule has 3 heteroatoms. The van der Waals surface area contributed by atoms with Gasteiger partial charge in [0, 0.05) is 11.0 Å². The summed E-state index contributed by atoms with van der Waals surface area (Å²) in [6.07, 6.45) is 0.997. The van der Waals surface area contributed by atoms with Crippen LogP contribution in [0.15, 0.2) is 46.9 Å². The van der Waals surface area contributed by atoms with Gasteiger partial charge in [0.1, 0.15) is 0 Å². The van der Waals surface area contributed by atoms with Crippen molar-refractivity contribution in [3.8, 4) is 0 Å². The van der Waals surface area contributed by atoms with Crippen LogP contribution in [-0.4, -0.2) is 6.54 Å². The number of aryl methyl sites for hydroxylation is 1. The largest absolute Gasteiger partial charge is 0.397 e. The summed E-state index contributed by atoms with van der Waals surface area (Å²) >= 11 is 3.40. The molecule has 0 spiro atoms. The maximum atomic E-state index is 5.93. The Labute approximate surface area is 116 Å². The Kier molecular flexibility index (Phi) is 4.26. The first-order chi connectivity index (χ1) is 8.65. The van der Waals surface area contributed by atoms with E-state index in [1.54, 1.807) is 0 Å². The SMILES string of the molecule is Cc1cccc(CCNc2ccc(Br)cc2N)c1. The second kappa shape index (κ2) is 5.91. The van der Waals surface area contributed by atoms with E-state index in [2.05, 4.69) is 52.4 Å². The first kappa shape index (κ1) is 13.0. The topological polar surface area (TPSA) is 38.0 Å². The molecule has 2 nitrogen and oxygen atoms in total. The molecule has 0 heterocycles. The van der Waals surface area contributed by atoms with Gasteiger partial charge in [-0.15, -0.1) is 0 Å². The predicted molar refractivity (Wildman–Crippen MR) is 81.9 cm³/mol. The van der Waals surface area contributed by atoms with Gasteiger partial charge in [-0.3, -0.25) is 0 Å². The van der Waals surface area contributed by atoms with Crippen molar-refractivity contribution in [3.63, 3.8) is 0 Å². The molecule has 2 rings (SSSR count). The number of hydrogen-bond donors (Lipinski definition) is 2. The second-order valence-corrected chi connectivity index (χ2v) is 5.31. The number of benzene rings is 2. The van der Waals surface area contributed by atoms with Crippen LogP contribution in [0.4, 0.5) is 11.4 Å². The Morgan fingerprint density at radius 3 is 2.72 bits per heavy atom. The maximum Gasteiger partial charge on any atom is 0.0574 e. The van der Waals surface area contributed by atoms with Crippen molar-refractivity contribution in [1.82, 2.24) is 0 Å². The smallest absolute Gasteiger partial charge is 0.0574 e. The predicted octanol–water partition coefficient (Wildman–Crippen LogP) is 3.99. The zero-order valence-electron chi connectivity index (χ0n) is 10.4. The summed E-state index contributed by atoms with van der Waals surface area (Å²) in [5, 5.41) is 3.36. The molecule has 0 unspecified atom stereocenters. The van der Waals surface area contributed by atoms with Crippen molar-refractivity contribution in [2.24, 2.45) is 0 Å². The summed E-state index contributed by atoms with van der Waals surface area (Å²) in [6, 6.07) is 14.5. The highest BCUT2D eigenvalue weighted by Gasteiger charge is 1.99. The number of anilines is 2. The van der Waals surface area contributed by atoms with Crippen molar-refractivity contribution < 1.29 is 0 Å². The molecule has 2 aromatic rings. The summed E-state index contributed by atoms with van der Waals surface area (Å²) in [5.41, 5.74) is 10.3. The van der Waals surface area contributed by atoms with Crippen molar-refractivity contribution in [2.45, 2.75) is 13.3 Å². The molecule has 0 bridgehead atoms.